The molecule has 0 spiro atoms. The molecule has 8 nitrogen and oxygen atoms in total. The number of Topliss-reactive ketones (excluding diaryl/α,β-unsaturated/α-hetero) is 1. The Labute approximate surface area is 308 Å². The molecule has 0 saturated heterocycles. The Bertz CT molecular complexity index is 1380. The summed E-state index contributed by atoms with van der Waals surface area (Å²) >= 11 is 0. The van der Waals surface area contributed by atoms with E-state index in [-0.39, 0.29) is 52.2 Å². The first-order valence-electron chi connectivity index (χ1n) is 20.2. The first-order valence-corrected chi connectivity index (χ1v) is 20.2. The van der Waals surface area contributed by atoms with Gasteiger partial charge in [-0.15, -0.1) is 0 Å². The van der Waals surface area contributed by atoms with E-state index < -0.39 is 34.9 Å². The van der Waals surface area contributed by atoms with Gasteiger partial charge in [0.25, 0.3) is 5.78 Å². The highest BCUT2D eigenvalue weighted by atomic mass is 16.7. The van der Waals surface area contributed by atoms with Crippen LogP contribution >= 0.6 is 0 Å². The summed E-state index contributed by atoms with van der Waals surface area (Å²) in [6.45, 7) is 27.7. The number of nitrogens with one attached hydrogen (secondary N) is 1. The van der Waals surface area contributed by atoms with Crippen molar-refractivity contribution in [3.8, 4) is 0 Å². The molecule has 5 rings (SSSR count). The van der Waals surface area contributed by atoms with Crippen LogP contribution in [0.25, 0.3) is 0 Å². The number of hydrogen-bond acceptors (Lipinski definition) is 8. The third kappa shape index (κ3) is 6.68. The van der Waals surface area contributed by atoms with Crippen LogP contribution < -0.4 is 5.48 Å². The van der Waals surface area contributed by atoms with Gasteiger partial charge in [-0.1, -0.05) is 74.0 Å². The third-order valence-electron chi connectivity index (χ3n) is 15.8. The van der Waals surface area contributed by atoms with Gasteiger partial charge in [-0.3, -0.25) is 14.4 Å². The predicted molar refractivity (Wildman–Crippen MR) is 199 cm³/mol. The lowest BCUT2D eigenvalue weighted by atomic mass is 9.33. The molecule has 5 aliphatic carbocycles. The summed E-state index contributed by atoms with van der Waals surface area (Å²) in [5.74, 6) is 0.115. The van der Waals surface area contributed by atoms with E-state index in [0.717, 1.165) is 57.8 Å². The average molecular weight is 714 g/mol. The number of ketones is 1. The molecule has 0 radical (unpaired) electrons. The Morgan fingerprint density at radius 3 is 2.22 bits per heavy atom. The van der Waals surface area contributed by atoms with Crippen LogP contribution in [0.5, 0.6) is 0 Å². The Kier molecular flexibility index (Phi) is 11.0. The Morgan fingerprint density at radius 2 is 1.59 bits per heavy atom. The number of carbonyl (C=O) groups is 3. The molecule has 0 aliphatic heterocycles. The maximum absolute atomic E-state index is 14.5. The maximum Gasteiger partial charge on any atom is 0.376 e. The quantitative estimate of drug-likeness (QED) is 0.106. The van der Waals surface area contributed by atoms with Crippen molar-refractivity contribution < 1.29 is 33.8 Å². The molecule has 12 atom stereocenters. The zero-order chi connectivity index (χ0) is 38.1. The second-order valence-electron chi connectivity index (χ2n) is 20.4. The van der Waals surface area contributed by atoms with E-state index >= 15 is 0 Å². The fourth-order valence-electron chi connectivity index (χ4n) is 12.3. The lowest BCUT2D eigenvalue weighted by Crippen LogP contribution is -2.65. The number of rotatable bonds is 9. The van der Waals surface area contributed by atoms with Crippen molar-refractivity contribution in [1.82, 2.24) is 5.48 Å². The van der Waals surface area contributed by atoms with Gasteiger partial charge in [-0.25, -0.2) is 4.79 Å². The fraction of sp³-hybridized carbons (Fsp3) is 0.884. The number of esters is 2. The predicted octanol–water partition coefficient (Wildman–Crippen LogP) is 8.39. The van der Waals surface area contributed by atoms with Gasteiger partial charge < -0.3 is 14.6 Å². The van der Waals surface area contributed by atoms with Crippen LogP contribution in [0.15, 0.2) is 11.6 Å². The smallest absolute Gasteiger partial charge is 0.376 e. The van der Waals surface area contributed by atoms with Gasteiger partial charge in [0.05, 0.1) is 11.5 Å². The van der Waals surface area contributed by atoms with Crippen molar-refractivity contribution in [3.63, 3.8) is 0 Å². The molecular formula is C43H71NO7. The van der Waals surface area contributed by atoms with Crippen molar-refractivity contribution in [1.29, 1.82) is 0 Å². The molecule has 2 N–H and O–H groups in total. The summed E-state index contributed by atoms with van der Waals surface area (Å²) in [5, 5.41) is 11.1. The standard InChI is InChI=1S/C43H71NO7/c1-25(2)34(35(46)36(47)50-38(6,7)8)44-51-27(4)24-49-37(48)43-21-16-26(3)28(5)33(43)29-14-15-31-40(11)19-18-32(45)39(9,10)30(40)17-20-42(31,13)41(29,12)22-23-43/h14,25-28,30-34,44-45H,15-24H2,1-13H3/t26-,27?,28+,30?,31-,32+,33+,34+,40+,41-,42-,43+/m1/s1. The number of aliphatic hydroxyl groups is 1. The number of allylic oxidation sites excluding steroid dienone is 2. The summed E-state index contributed by atoms with van der Waals surface area (Å²) in [4.78, 5) is 45.8. The van der Waals surface area contributed by atoms with Gasteiger partial charge in [0.1, 0.15) is 24.4 Å². The number of carbonyl (C=O) groups excluding carboxylic acids is 3. The number of hydroxylamine groups is 1. The van der Waals surface area contributed by atoms with E-state index in [1.54, 1.807) is 27.7 Å². The van der Waals surface area contributed by atoms with E-state index in [9.17, 15) is 19.5 Å². The van der Waals surface area contributed by atoms with Crippen LogP contribution in [0.4, 0.5) is 0 Å². The number of aliphatic hydroxyl groups excluding tert-OH is 1. The van der Waals surface area contributed by atoms with E-state index in [1.165, 1.54) is 5.57 Å². The zero-order valence-electron chi connectivity index (χ0n) is 34.2. The van der Waals surface area contributed by atoms with E-state index in [2.05, 4.69) is 60.0 Å². The van der Waals surface area contributed by atoms with E-state index in [4.69, 9.17) is 14.3 Å². The molecule has 2 unspecified atom stereocenters. The maximum atomic E-state index is 14.5. The van der Waals surface area contributed by atoms with Crippen LogP contribution in [-0.2, 0) is 28.7 Å². The zero-order valence-corrected chi connectivity index (χ0v) is 34.2. The molecule has 4 fully saturated rings. The van der Waals surface area contributed by atoms with Crippen molar-refractivity contribution >= 4 is 17.7 Å². The molecular weight excluding hydrogens is 642 g/mol. The van der Waals surface area contributed by atoms with Crippen molar-refractivity contribution in [2.75, 3.05) is 6.61 Å². The minimum Gasteiger partial charge on any atom is -0.462 e. The van der Waals surface area contributed by atoms with Crippen molar-refractivity contribution in [3.05, 3.63) is 11.6 Å². The van der Waals surface area contributed by atoms with Crippen molar-refractivity contribution in [2.24, 2.45) is 62.6 Å². The molecule has 5 aliphatic rings. The second-order valence-corrected chi connectivity index (χ2v) is 20.4. The molecule has 51 heavy (non-hydrogen) atoms. The van der Waals surface area contributed by atoms with Crippen LogP contribution in [-0.4, -0.2) is 53.3 Å². The molecule has 0 aromatic rings. The highest BCUT2D eigenvalue weighted by Crippen LogP contribution is 2.75. The summed E-state index contributed by atoms with van der Waals surface area (Å²) in [7, 11) is 0. The highest BCUT2D eigenvalue weighted by molar-refractivity contribution is 6.35. The van der Waals surface area contributed by atoms with Gasteiger partial charge in [0, 0.05) is 0 Å². The average Bonchev–Trinajstić information content (AvgIpc) is 3.03. The molecule has 290 valence electrons. The van der Waals surface area contributed by atoms with Crippen LogP contribution in [0, 0.1) is 62.6 Å². The Balaban J connectivity index is 1.34. The Morgan fingerprint density at radius 1 is 0.922 bits per heavy atom. The highest BCUT2D eigenvalue weighted by Gasteiger charge is 2.69. The molecule has 0 aromatic carbocycles. The van der Waals surface area contributed by atoms with E-state index in [0.29, 0.717) is 23.7 Å². The van der Waals surface area contributed by atoms with Crippen LogP contribution in [0.3, 0.4) is 0 Å². The summed E-state index contributed by atoms with van der Waals surface area (Å²) in [5.41, 5.74) is 3.16. The minimum absolute atomic E-state index is 0.00325. The Hall–Kier alpha value is -1.77. The lowest BCUT2D eigenvalue weighted by Gasteiger charge is -2.71. The molecule has 0 heterocycles. The normalized spacial score (nSPS) is 41.5. The van der Waals surface area contributed by atoms with Gasteiger partial charge in [0.15, 0.2) is 0 Å². The second kappa shape index (κ2) is 13.8. The van der Waals surface area contributed by atoms with Gasteiger partial charge in [-0.05, 0) is 143 Å². The largest absolute Gasteiger partial charge is 0.462 e. The van der Waals surface area contributed by atoms with Gasteiger partial charge in [0.2, 0.25) is 0 Å². The fourth-order valence-corrected chi connectivity index (χ4v) is 12.3. The van der Waals surface area contributed by atoms with Gasteiger partial charge in [-0.2, -0.15) is 5.48 Å². The number of hydrogen-bond donors (Lipinski definition) is 2. The molecule has 8 heteroatoms. The van der Waals surface area contributed by atoms with E-state index in [1.807, 2.05) is 13.8 Å². The SMILES string of the molecule is CC(COC(=O)[C@]12CC[C@@H](C)[C@H](C)[C@H]1C1=CC[C@@H]3[C@@]4(C)CC[C@H](O)C(C)(C)C4CC[C@@]3(C)[C@]1(C)CC2)ON[C@H](C(=O)C(=O)OC(C)(C)C)C(C)C. The molecule has 0 amide bonds. The lowest BCUT2D eigenvalue weighted by molar-refractivity contribution is -0.208. The summed E-state index contributed by atoms with van der Waals surface area (Å²) < 4.78 is 11.5. The first-order chi connectivity index (χ1) is 23.5. The monoisotopic (exact) mass is 714 g/mol. The third-order valence-corrected chi connectivity index (χ3v) is 15.8. The summed E-state index contributed by atoms with van der Waals surface area (Å²) in [6.07, 6.45) is 10.7. The molecule has 0 aromatic heterocycles. The summed E-state index contributed by atoms with van der Waals surface area (Å²) in [6, 6.07) is -0.886. The van der Waals surface area contributed by atoms with Crippen LogP contribution in [0.2, 0.25) is 0 Å². The number of fused-ring (bicyclic) bond motifs is 7. The van der Waals surface area contributed by atoms with Gasteiger partial charge >= 0.3 is 11.9 Å². The topological polar surface area (TPSA) is 111 Å². The minimum atomic E-state index is -0.896. The van der Waals surface area contributed by atoms with Crippen LogP contribution in [0.1, 0.15) is 148 Å². The molecule has 0 bridgehead atoms. The first kappa shape index (κ1) is 40.4. The molecule has 4 saturated carbocycles. The van der Waals surface area contributed by atoms with Crippen molar-refractivity contribution in [2.45, 2.75) is 172 Å². The number of ether oxygens (including phenoxy) is 2.